The lowest BCUT2D eigenvalue weighted by molar-refractivity contribution is 0.174. The summed E-state index contributed by atoms with van der Waals surface area (Å²) >= 11 is 0. The minimum Gasteiger partial charge on any atom is -0.454 e. The first-order chi connectivity index (χ1) is 11.3. The molecule has 2 aromatic carbocycles. The summed E-state index contributed by atoms with van der Waals surface area (Å²) in [6, 6.07) is 13.0. The number of aromatic nitrogens is 1. The number of nitrogens with one attached hydrogen (secondary N) is 3. The fraction of sp³-hybridized carbons (Fsp3) is 0.118. The van der Waals surface area contributed by atoms with Crippen LogP contribution in [-0.4, -0.2) is 17.8 Å². The molecule has 3 N–H and O–H groups in total. The maximum atomic E-state index is 12.1. The van der Waals surface area contributed by atoms with Gasteiger partial charge in [0.1, 0.15) is 0 Å². The Morgan fingerprint density at radius 2 is 2.04 bits per heavy atom. The third-order valence-electron chi connectivity index (χ3n) is 3.73. The van der Waals surface area contributed by atoms with E-state index in [1.807, 2.05) is 48.7 Å². The first-order valence-electron chi connectivity index (χ1n) is 7.29. The van der Waals surface area contributed by atoms with Crippen LogP contribution in [0.15, 0.2) is 48.7 Å². The zero-order valence-electron chi connectivity index (χ0n) is 12.3. The van der Waals surface area contributed by atoms with Gasteiger partial charge in [0.2, 0.25) is 6.79 Å². The van der Waals surface area contributed by atoms with Gasteiger partial charge in [-0.15, -0.1) is 0 Å². The van der Waals surface area contributed by atoms with Crippen LogP contribution in [0.3, 0.4) is 0 Å². The molecule has 6 nitrogen and oxygen atoms in total. The van der Waals surface area contributed by atoms with Crippen molar-refractivity contribution < 1.29 is 14.3 Å². The number of H-pyrrole nitrogens is 1. The SMILES string of the molecule is O=C(NCc1ccc2c(c1)OCO2)Nc1cccc2[nH]ccc12. The van der Waals surface area contributed by atoms with E-state index in [1.54, 1.807) is 0 Å². The number of fused-ring (bicyclic) bond motifs is 2. The molecule has 2 heterocycles. The number of rotatable bonds is 3. The van der Waals surface area contributed by atoms with Crippen molar-refractivity contribution in [3.8, 4) is 11.5 Å². The Kier molecular flexibility index (Phi) is 3.27. The molecule has 6 heteroatoms. The summed E-state index contributed by atoms with van der Waals surface area (Å²) in [6.07, 6.45) is 1.85. The Balaban J connectivity index is 1.41. The first kappa shape index (κ1) is 13.5. The van der Waals surface area contributed by atoms with Gasteiger partial charge in [0.05, 0.1) is 5.69 Å². The smallest absolute Gasteiger partial charge is 0.319 e. The third kappa shape index (κ3) is 2.66. The number of benzene rings is 2. The largest absolute Gasteiger partial charge is 0.454 e. The van der Waals surface area contributed by atoms with Crippen LogP contribution in [0.4, 0.5) is 10.5 Å². The number of amides is 2. The van der Waals surface area contributed by atoms with E-state index in [2.05, 4.69) is 15.6 Å². The van der Waals surface area contributed by atoms with E-state index >= 15 is 0 Å². The number of carbonyl (C=O) groups excluding carboxylic acids is 1. The molecule has 2 amide bonds. The molecule has 3 aromatic rings. The molecule has 1 aliphatic heterocycles. The molecule has 0 radical (unpaired) electrons. The minimum atomic E-state index is -0.253. The van der Waals surface area contributed by atoms with E-state index in [0.717, 1.165) is 27.9 Å². The van der Waals surface area contributed by atoms with E-state index in [0.29, 0.717) is 12.3 Å². The molecule has 0 atom stereocenters. The highest BCUT2D eigenvalue weighted by Gasteiger charge is 2.13. The highest BCUT2D eigenvalue weighted by atomic mass is 16.7. The van der Waals surface area contributed by atoms with Crippen molar-refractivity contribution in [1.29, 1.82) is 0 Å². The molecule has 0 saturated heterocycles. The topological polar surface area (TPSA) is 75.4 Å². The van der Waals surface area contributed by atoms with Crippen molar-refractivity contribution in [2.24, 2.45) is 0 Å². The van der Waals surface area contributed by atoms with Gasteiger partial charge in [-0.05, 0) is 35.9 Å². The Morgan fingerprint density at radius 1 is 1.13 bits per heavy atom. The fourth-order valence-corrected chi connectivity index (χ4v) is 2.59. The van der Waals surface area contributed by atoms with Crippen LogP contribution in [0.25, 0.3) is 10.9 Å². The molecule has 0 bridgehead atoms. The van der Waals surface area contributed by atoms with Crippen molar-refractivity contribution in [2.75, 3.05) is 12.1 Å². The molecule has 0 fully saturated rings. The molecule has 0 unspecified atom stereocenters. The highest BCUT2D eigenvalue weighted by Crippen LogP contribution is 2.32. The molecule has 0 spiro atoms. The molecule has 1 aliphatic rings. The van der Waals surface area contributed by atoms with E-state index in [9.17, 15) is 4.79 Å². The molecular weight excluding hydrogens is 294 g/mol. The lowest BCUT2D eigenvalue weighted by atomic mass is 10.2. The maximum Gasteiger partial charge on any atom is 0.319 e. The summed E-state index contributed by atoms with van der Waals surface area (Å²) < 4.78 is 10.6. The summed E-state index contributed by atoms with van der Waals surface area (Å²) in [6.45, 7) is 0.652. The van der Waals surface area contributed by atoms with Crippen molar-refractivity contribution in [3.63, 3.8) is 0 Å². The Bertz CT molecular complexity index is 872. The Labute approximate surface area is 132 Å². The number of anilines is 1. The monoisotopic (exact) mass is 309 g/mol. The quantitative estimate of drug-likeness (QED) is 0.695. The van der Waals surface area contributed by atoms with Gasteiger partial charge in [-0.3, -0.25) is 0 Å². The van der Waals surface area contributed by atoms with Crippen LogP contribution >= 0.6 is 0 Å². The van der Waals surface area contributed by atoms with Gasteiger partial charge in [-0.25, -0.2) is 4.79 Å². The second kappa shape index (κ2) is 5.57. The molecule has 0 saturated carbocycles. The molecule has 1 aromatic heterocycles. The first-order valence-corrected chi connectivity index (χ1v) is 7.29. The molecule has 116 valence electrons. The summed E-state index contributed by atoms with van der Waals surface area (Å²) in [5.74, 6) is 1.44. The Hall–Kier alpha value is -3.15. The van der Waals surface area contributed by atoms with Gasteiger partial charge in [0, 0.05) is 23.6 Å². The lowest BCUT2D eigenvalue weighted by Gasteiger charge is -2.09. The average Bonchev–Trinajstić information content (AvgIpc) is 3.21. The number of aromatic amines is 1. The third-order valence-corrected chi connectivity index (χ3v) is 3.73. The number of urea groups is 1. The number of hydrogen-bond donors (Lipinski definition) is 3. The minimum absolute atomic E-state index is 0.243. The van der Waals surface area contributed by atoms with E-state index < -0.39 is 0 Å². The molecule has 0 aliphatic carbocycles. The number of carbonyl (C=O) groups is 1. The molecule has 4 rings (SSSR count). The maximum absolute atomic E-state index is 12.1. The van der Waals surface area contributed by atoms with Crippen LogP contribution in [-0.2, 0) is 6.54 Å². The zero-order chi connectivity index (χ0) is 15.6. The highest BCUT2D eigenvalue weighted by molar-refractivity contribution is 6.00. The van der Waals surface area contributed by atoms with Crippen molar-refractivity contribution >= 4 is 22.6 Å². The van der Waals surface area contributed by atoms with Gasteiger partial charge < -0.3 is 25.1 Å². The molecular formula is C17H15N3O3. The zero-order valence-corrected chi connectivity index (χ0v) is 12.3. The second-order valence-corrected chi connectivity index (χ2v) is 5.24. The number of hydrogen-bond acceptors (Lipinski definition) is 3. The fourth-order valence-electron chi connectivity index (χ4n) is 2.59. The van der Waals surface area contributed by atoms with E-state index in [1.165, 1.54) is 0 Å². The van der Waals surface area contributed by atoms with Crippen LogP contribution in [0, 0.1) is 0 Å². The lowest BCUT2D eigenvalue weighted by Crippen LogP contribution is -2.28. The van der Waals surface area contributed by atoms with Gasteiger partial charge in [-0.2, -0.15) is 0 Å². The van der Waals surface area contributed by atoms with Crippen molar-refractivity contribution in [2.45, 2.75) is 6.54 Å². The summed E-state index contributed by atoms with van der Waals surface area (Å²) in [7, 11) is 0. The summed E-state index contributed by atoms with van der Waals surface area (Å²) in [4.78, 5) is 15.2. The van der Waals surface area contributed by atoms with Crippen molar-refractivity contribution in [3.05, 3.63) is 54.2 Å². The standard InChI is InChI=1S/C17H15N3O3/c21-17(20-14-3-1-2-13-12(14)6-7-18-13)19-9-11-4-5-15-16(8-11)23-10-22-15/h1-8,18H,9-10H2,(H2,19,20,21). The molecule has 23 heavy (non-hydrogen) atoms. The summed E-state index contributed by atoms with van der Waals surface area (Å²) in [5, 5.41) is 6.68. The second-order valence-electron chi connectivity index (χ2n) is 5.24. The van der Waals surface area contributed by atoms with Crippen LogP contribution in [0.2, 0.25) is 0 Å². The van der Waals surface area contributed by atoms with Crippen molar-refractivity contribution in [1.82, 2.24) is 10.3 Å². The van der Waals surface area contributed by atoms with Crippen LogP contribution < -0.4 is 20.1 Å². The van der Waals surface area contributed by atoms with Gasteiger partial charge in [0.25, 0.3) is 0 Å². The van der Waals surface area contributed by atoms with E-state index in [-0.39, 0.29) is 12.8 Å². The predicted molar refractivity (Wildman–Crippen MR) is 86.7 cm³/mol. The Morgan fingerprint density at radius 3 is 3.00 bits per heavy atom. The summed E-state index contributed by atoms with van der Waals surface area (Å²) in [5.41, 5.74) is 2.70. The predicted octanol–water partition coefficient (Wildman–Crippen LogP) is 3.22. The van der Waals surface area contributed by atoms with Crippen LogP contribution in [0.1, 0.15) is 5.56 Å². The average molecular weight is 309 g/mol. The van der Waals surface area contributed by atoms with Gasteiger partial charge in [0.15, 0.2) is 11.5 Å². The number of ether oxygens (including phenoxy) is 2. The van der Waals surface area contributed by atoms with Crippen LogP contribution in [0.5, 0.6) is 11.5 Å². The normalized spacial score (nSPS) is 12.3. The van der Waals surface area contributed by atoms with Gasteiger partial charge >= 0.3 is 6.03 Å². The van der Waals surface area contributed by atoms with Gasteiger partial charge in [-0.1, -0.05) is 12.1 Å². The van der Waals surface area contributed by atoms with E-state index in [4.69, 9.17) is 9.47 Å².